The highest BCUT2D eigenvalue weighted by molar-refractivity contribution is 9.10. The van der Waals surface area contributed by atoms with E-state index in [1.807, 2.05) is 26.0 Å². The lowest BCUT2D eigenvalue weighted by molar-refractivity contribution is -0.116. The van der Waals surface area contributed by atoms with Gasteiger partial charge in [0, 0.05) is 23.8 Å². The molecular weight excluding hydrogens is 460 g/mol. The van der Waals surface area contributed by atoms with Crippen LogP contribution in [0, 0.1) is 13.8 Å². The molecule has 2 aromatic carbocycles. The molecule has 0 atom stereocenters. The third-order valence-corrected chi connectivity index (χ3v) is 6.85. The normalized spacial score (nSPS) is 11.5. The van der Waals surface area contributed by atoms with Gasteiger partial charge in [-0.25, -0.2) is 8.42 Å². The molecule has 158 valence electrons. The van der Waals surface area contributed by atoms with E-state index >= 15 is 0 Å². The molecule has 2 aromatic rings. The molecule has 0 aliphatic heterocycles. The van der Waals surface area contributed by atoms with Crippen LogP contribution >= 0.6 is 15.9 Å². The minimum Gasteiger partial charge on any atom is -0.495 e. The molecule has 0 saturated heterocycles. The summed E-state index contributed by atoms with van der Waals surface area (Å²) in [6, 6.07) is 10.3. The SMILES string of the molecule is COCCN(CC(=O)Nc1cccc(C)c1C)S(=O)(=O)c1cc(Br)ccc1OC. The number of rotatable bonds is 9. The average Bonchev–Trinajstić information content (AvgIpc) is 2.68. The highest BCUT2D eigenvalue weighted by Crippen LogP contribution is 2.30. The average molecular weight is 485 g/mol. The number of hydrogen-bond donors (Lipinski definition) is 1. The Morgan fingerprint density at radius 1 is 1.17 bits per heavy atom. The first-order chi connectivity index (χ1) is 13.7. The van der Waals surface area contributed by atoms with Crippen molar-refractivity contribution in [1.82, 2.24) is 4.31 Å². The van der Waals surface area contributed by atoms with Gasteiger partial charge in [0.05, 0.1) is 20.3 Å². The van der Waals surface area contributed by atoms with E-state index in [0.717, 1.165) is 15.4 Å². The van der Waals surface area contributed by atoms with Gasteiger partial charge in [-0.2, -0.15) is 4.31 Å². The summed E-state index contributed by atoms with van der Waals surface area (Å²) < 4.78 is 38.5. The molecule has 0 unspecified atom stereocenters. The quantitative estimate of drug-likeness (QED) is 0.589. The molecule has 0 aliphatic carbocycles. The molecule has 0 spiro atoms. The smallest absolute Gasteiger partial charge is 0.247 e. The van der Waals surface area contributed by atoms with E-state index in [2.05, 4.69) is 21.2 Å². The Balaban J connectivity index is 2.32. The summed E-state index contributed by atoms with van der Waals surface area (Å²) in [5.41, 5.74) is 2.62. The molecule has 1 N–H and O–H groups in total. The Morgan fingerprint density at radius 2 is 1.90 bits per heavy atom. The number of benzene rings is 2. The van der Waals surface area contributed by atoms with Crippen LogP contribution in [0.2, 0.25) is 0 Å². The van der Waals surface area contributed by atoms with Crippen LogP contribution in [0.15, 0.2) is 45.8 Å². The number of anilines is 1. The number of nitrogens with zero attached hydrogens (tertiary/aromatic N) is 1. The van der Waals surface area contributed by atoms with E-state index in [1.165, 1.54) is 20.3 Å². The van der Waals surface area contributed by atoms with E-state index in [9.17, 15) is 13.2 Å². The van der Waals surface area contributed by atoms with E-state index in [-0.39, 0.29) is 30.3 Å². The number of amides is 1. The predicted molar refractivity (Wildman–Crippen MR) is 116 cm³/mol. The van der Waals surface area contributed by atoms with Gasteiger partial charge in [-0.3, -0.25) is 4.79 Å². The highest BCUT2D eigenvalue weighted by Gasteiger charge is 2.29. The number of carbonyl (C=O) groups excluding carboxylic acids is 1. The first kappa shape index (κ1) is 23.3. The van der Waals surface area contributed by atoms with Gasteiger partial charge in [0.25, 0.3) is 0 Å². The van der Waals surface area contributed by atoms with Crippen molar-refractivity contribution >= 4 is 37.5 Å². The van der Waals surface area contributed by atoms with Gasteiger partial charge in [-0.1, -0.05) is 28.1 Å². The van der Waals surface area contributed by atoms with Gasteiger partial charge < -0.3 is 14.8 Å². The molecule has 0 fully saturated rings. The summed E-state index contributed by atoms with van der Waals surface area (Å²) in [5, 5.41) is 2.80. The Bertz CT molecular complexity index is 979. The second kappa shape index (κ2) is 10.2. The van der Waals surface area contributed by atoms with E-state index in [0.29, 0.717) is 10.2 Å². The fraction of sp³-hybridized carbons (Fsp3) is 0.350. The standard InChI is InChI=1S/C20H25BrN2O5S/c1-14-6-5-7-17(15(14)2)22-20(24)13-23(10-11-27-3)29(25,26)19-12-16(21)8-9-18(19)28-4/h5-9,12H,10-11,13H2,1-4H3,(H,22,24). The van der Waals surface area contributed by atoms with E-state index in [1.54, 1.807) is 18.2 Å². The zero-order valence-electron chi connectivity index (χ0n) is 16.9. The van der Waals surface area contributed by atoms with Crippen molar-refractivity contribution in [2.45, 2.75) is 18.7 Å². The second-order valence-corrected chi connectivity index (χ2v) is 9.24. The zero-order chi connectivity index (χ0) is 21.6. The molecule has 9 heteroatoms. The molecule has 29 heavy (non-hydrogen) atoms. The Kier molecular flexibility index (Phi) is 8.21. The minimum absolute atomic E-state index is 0.0225. The molecule has 0 bridgehead atoms. The van der Waals surface area contributed by atoms with Gasteiger partial charge in [0.2, 0.25) is 15.9 Å². The maximum atomic E-state index is 13.3. The van der Waals surface area contributed by atoms with Gasteiger partial charge in [0.15, 0.2) is 0 Å². The Hall–Kier alpha value is -1.94. The van der Waals surface area contributed by atoms with E-state index in [4.69, 9.17) is 9.47 Å². The van der Waals surface area contributed by atoms with Crippen molar-refractivity contribution in [3.63, 3.8) is 0 Å². The van der Waals surface area contributed by atoms with Gasteiger partial charge >= 0.3 is 0 Å². The summed E-state index contributed by atoms with van der Waals surface area (Å²) in [5.74, 6) is -0.238. The number of nitrogens with one attached hydrogen (secondary N) is 1. The summed E-state index contributed by atoms with van der Waals surface area (Å²) in [7, 11) is -1.14. The van der Waals surface area contributed by atoms with Gasteiger partial charge in [-0.05, 0) is 49.2 Å². The number of aryl methyl sites for hydroxylation is 1. The fourth-order valence-corrected chi connectivity index (χ4v) is 4.78. The van der Waals surface area contributed by atoms with Crippen molar-refractivity contribution in [3.05, 3.63) is 52.0 Å². The summed E-state index contributed by atoms with van der Waals surface area (Å²) >= 11 is 3.29. The largest absolute Gasteiger partial charge is 0.495 e. The van der Waals surface area contributed by atoms with Crippen molar-refractivity contribution in [2.24, 2.45) is 0 Å². The monoisotopic (exact) mass is 484 g/mol. The number of ether oxygens (including phenoxy) is 2. The molecule has 7 nitrogen and oxygen atoms in total. The van der Waals surface area contributed by atoms with Gasteiger partial charge in [0.1, 0.15) is 10.6 Å². The lowest BCUT2D eigenvalue weighted by Gasteiger charge is -2.23. The number of sulfonamides is 1. The minimum atomic E-state index is -4.01. The molecular formula is C20H25BrN2O5S. The van der Waals surface area contributed by atoms with Crippen LogP contribution in [0.4, 0.5) is 5.69 Å². The number of methoxy groups -OCH3 is 2. The fourth-order valence-electron chi connectivity index (χ4n) is 2.70. The molecule has 0 aromatic heterocycles. The maximum absolute atomic E-state index is 13.3. The zero-order valence-corrected chi connectivity index (χ0v) is 19.3. The number of halogens is 1. The maximum Gasteiger partial charge on any atom is 0.247 e. The van der Waals surface area contributed by atoms with Crippen LogP contribution in [-0.4, -0.2) is 52.5 Å². The van der Waals surface area contributed by atoms with Crippen LogP contribution in [-0.2, 0) is 19.6 Å². The second-order valence-electron chi connectivity index (χ2n) is 6.42. The molecule has 2 rings (SSSR count). The lowest BCUT2D eigenvalue weighted by Crippen LogP contribution is -2.40. The van der Waals surface area contributed by atoms with Crippen LogP contribution in [0.1, 0.15) is 11.1 Å². The topological polar surface area (TPSA) is 84.9 Å². The molecule has 0 heterocycles. The van der Waals surface area contributed by atoms with Crippen LogP contribution in [0.3, 0.4) is 0 Å². The first-order valence-corrected chi connectivity index (χ1v) is 11.1. The van der Waals surface area contributed by atoms with Crippen molar-refractivity contribution in [3.8, 4) is 5.75 Å². The molecule has 0 aliphatic rings. The summed E-state index contributed by atoms with van der Waals surface area (Å²) in [6.45, 7) is 3.66. The molecule has 0 radical (unpaired) electrons. The number of hydrogen-bond acceptors (Lipinski definition) is 5. The highest BCUT2D eigenvalue weighted by atomic mass is 79.9. The van der Waals surface area contributed by atoms with Crippen LogP contribution in [0.25, 0.3) is 0 Å². The summed E-state index contributed by atoms with van der Waals surface area (Å²) in [4.78, 5) is 12.6. The first-order valence-electron chi connectivity index (χ1n) is 8.89. The predicted octanol–water partition coefficient (Wildman–Crippen LogP) is 3.35. The molecule has 1 amide bonds. The Morgan fingerprint density at radius 3 is 2.55 bits per heavy atom. The van der Waals surface area contributed by atoms with E-state index < -0.39 is 15.9 Å². The summed E-state index contributed by atoms with van der Waals surface area (Å²) in [6.07, 6.45) is 0. The van der Waals surface area contributed by atoms with Crippen molar-refractivity contribution in [1.29, 1.82) is 0 Å². The third kappa shape index (κ3) is 5.79. The Labute approximate surface area is 180 Å². The van der Waals surface area contributed by atoms with Crippen molar-refractivity contribution in [2.75, 3.05) is 39.2 Å². The van der Waals surface area contributed by atoms with Crippen molar-refractivity contribution < 1.29 is 22.7 Å². The number of carbonyl (C=O) groups is 1. The van der Waals surface area contributed by atoms with Crippen LogP contribution < -0.4 is 10.1 Å². The third-order valence-electron chi connectivity index (χ3n) is 4.49. The van der Waals surface area contributed by atoms with Gasteiger partial charge in [-0.15, -0.1) is 0 Å². The molecule has 0 saturated carbocycles. The lowest BCUT2D eigenvalue weighted by atomic mass is 10.1. The van der Waals surface area contributed by atoms with Crippen LogP contribution in [0.5, 0.6) is 5.75 Å².